The van der Waals surface area contributed by atoms with Crippen molar-refractivity contribution in [2.75, 3.05) is 36.6 Å². The Bertz CT molecular complexity index is 1210. The van der Waals surface area contributed by atoms with Gasteiger partial charge in [0.05, 0.1) is 25.1 Å². The van der Waals surface area contributed by atoms with Crippen molar-refractivity contribution in [3.63, 3.8) is 0 Å². The third kappa shape index (κ3) is 4.13. The molecule has 0 aliphatic carbocycles. The zero-order chi connectivity index (χ0) is 21.0. The average molecular weight is 412 g/mol. The number of fused-ring (bicyclic) bond motifs is 1. The first kappa shape index (κ1) is 19.3. The normalized spacial score (nSPS) is 14.4. The number of hydrogen-bond acceptors (Lipinski definition) is 6. The lowest BCUT2D eigenvalue weighted by Gasteiger charge is -2.29. The van der Waals surface area contributed by atoms with Gasteiger partial charge < -0.3 is 9.64 Å². The number of anilines is 2. The van der Waals surface area contributed by atoms with E-state index in [0.717, 1.165) is 41.4 Å². The molecule has 5 rings (SSSR count). The van der Waals surface area contributed by atoms with Gasteiger partial charge >= 0.3 is 0 Å². The molecule has 31 heavy (non-hydrogen) atoms. The fourth-order valence-corrected chi connectivity index (χ4v) is 3.68. The number of hydrazone groups is 1. The van der Waals surface area contributed by atoms with Crippen LogP contribution in [0.4, 0.5) is 11.6 Å². The molecule has 3 heterocycles. The highest BCUT2D eigenvalue weighted by molar-refractivity contribution is 5.82. The van der Waals surface area contributed by atoms with Crippen LogP contribution < -0.4 is 10.3 Å². The molecule has 4 aromatic rings. The van der Waals surface area contributed by atoms with E-state index < -0.39 is 0 Å². The molecule has 1 aliphatic rings. The van der Waals surface area contributed by atoms with E-state index in [1.807, 2.05) is 59.3 Å². The highest BCUT2D eigenvalue weighted by Gasteiger charge is 2.18. The standard InChI is InChI=1S/C24H24N6O/c1-18-7-5-6-10-20(18)17-25-27-22-16-24(29-11-13-31-14-12-29)30-23(26-22)15-21(28-30)19-8-3-2-4-9-19/h2-10,15-17H,11-14H2,1H3,(H,26,27)/b25-17+. The van der Waals surface area contributed by atoms with Gasteiger partial charge in [-0.25, -0.2) is 4.98 Å². The summed E-state index contributed by atoms with van der Waals surface area (Å²) in [6.45, 7) is 5.09. The van der Waals surface area contributed by atoms with Gasteiger partial charge in [-0.1, -0.05) is 54.6 Å². The minimum absolute atomic E-state index is 0.679. The Kier molecular flexibility index (Phi) is 5.33. The summed E-state index contributed by atoms with van der Waals surface area (Å²) < 4.78 is 7.44. The monoisotopic (exact) mass is 412 g/mol. The van der Waals surface area contributed by atoms with Crippen LogP contribution in [0.2, 0.25) is 0 Å². The Morgan fingerprint density at radius 1 is 1.00 bits per heavy atom. The van der Waals surface area contributed by atoms with Gasteiger partial charge in [0, 0.05) is 30.8 Å². The van der Waals surface area contributed by atoms with Crippen LogP contribution in [0.3, 0.4) is 0 Å². The van der Waals surface area contributed by atoms with Crippen molar-refractivity contribution >= 4 is 23.5 Å². The molecule has 0 saturated carbocycles. The lowest BCUT2D eigenvalue weighted by atomic mass is 10.1. The number of benzene rings is 2. The van der Waals surface area contributed by atoms with E-state index in [2.05, 4.69) is 40.5 Å². The van der Waals surface area contributed by atoms with Crippen molar-refractivity contribution in [1.29, 1.82) is 0 Å². The second-order valence-electron chi connectivity index (χ2n) is 7.49. The Hall–Kier alpha value is -3.71. The molecule has 2 aromatic carbocycles. The quantitative estimate of drug-likeness (QED) is 0.397. The van der Waals surface area contributed by atoms with Gasteiger partial charge in [0.2, 0.25) is 0 Å². The van der Waals surface area contributed by atoms with Crippen LogP contribution in [0, 0.1) is 6.92 Å². The molecule has 0 bridgehead atoms. The summed E-state index contributed by atoms with van der Waals surface area (Å²) in [4.78, 5) is 7.02. The van der Waals surface area contributed by atoms with E-state index in [1.54, 1.807) is 0 Å². The number of nitrogens with one attached hydrogen (secondary N) is 1. The molecule has 1 aliphatic heterocycles. The van der Waals surface area contributed by atoms with Crippen molar-refractivity contribution in [2.24, 2.45) is 5.10 Å². The van der Waals surface area contributed by atoms with Gasteiger partial charge in [-0.3, -0.25) is 5.43 Å². The molecule has 2 aromatic heterocycles. The molecule has 0 spiro atoms. The van der Waals surface area contributed by atoms with Crippen molar-refractivity contribution in [3.05, 3.63) is 77.9 Å². The van der Waals surface area contributed by atoms with Crippen LogP contribution in [0.25, 0.3) is 16.9 Å². The zero-order valence-electron chi connectivity index (χ0n) is 17.4. The molecule has 7 nitrogen and oxygen atoms in total. The maximum Gasteiger partial charge on any atom is 0.160 e. The topological polar surface area (TPSA) is 67.0 Å². The smallest absolute Gasteiger partial charge is 0.160 e. The molecule has 7 heteroatoms. The summed E-state index contributed by atoms with van der Waals surface area (Å²) in [6.07, 6.45) is 1.82. The lowest BCUT2D eigenvalue weighted by molar-refractivity contribution is 0.122. The van der Waals surface area contributed by atoms with Crippen molar-refractivity contribution in [3.8, 4) is 11.3 Å². The van der Waals surface area contributed by atoms with Gasteiger partial charge in [-0.2, -0.15) is 14.7 Å². The summed E-state index contributed by atoms with van der Waals surface area (Å²) in [5, 5.41) is 9.26. The van der Waals surface area contributed by atoms with Gasteiger partial charge in [-0.05, 0) is 18.1 Å². The van der Waals surface area contributed by atoms with Crippen LogP contribution in [-0.2, 0) is 4.74 Å². The number of nitrogens with zero attached hydrogens (tertiary/aromatic N) is 5. The third-order valence-corrected chi connectivity index (χ3v) is 5.38. The van der Waals surface area contributed by atoms with Crippen molar-refractivity contribution in [1.82, 2.24) is 14.6 Å². The van der Waals surface area contributed by atoms with E-state index >= 15 is 0 Å². The summed E-state index contributed by atoms with van der Waals surface area (Å²) in [5.74, 6) is 1.66. The predicted molar refractivity (Wildman–Crippen MR) is 124 cm³/mol. The Morgan fingerprint density at radius 2 is 1.77 bits per heavy atom. The van der Waals surface area contributed by atoms with Crippen LogP contribution >= 0.6 is 0 Å². The fraction of sp³-hybridized carbons (Fsp3) is 0.208. The van der Waals surface area contributed by atoms with Gasteiger partial charge in [0.15, 0.2) is 11.5 Å². The fourth-order valence-electron chi connectivity index (χ4n) is 3.68. The molecule has 0 atom stereocenters. The zero-order valence-corrected chi connectivity index (χ0v) is 17.4. The SMILES string of the molecule is Cc1ccccc1/C=N/Nc1cc(N2CCOCC2)n2nc(-c3ccccc3)cc2n1. The molecule has 0 unspecified atom stereocenters. The van der Waals surface area contributed by atoms with Crippen LogP contribution in [-0.4, -0.2) is 47.1 Å². The molecule has 1 fully saturated rings. The van der Waals surface area contributed by atoms with E-state index in [9.17, 15) is 0 Å². The minimum Gasteiger partial charge on any atom is -0.378 e. The van der Waals surface area contributed by atoms with Gasteiger partial charge in [-0.15, -0.1) is 0 Å². The van der Waals surface area contributed by atoms with Crippen LogP contribution in [0.5, 0.6) is 0 Å². The third-order valence-electron chi connectivity index (χ3n) is 5.38. The highest BCUT2D eigenvalue weighted by atomic mass is 16.5. The van der Waals surface area contributed by atoms with Crippen LogP contribution in [0.15, 0.2) is 71.8 Å². The molecule has 1 saturated heterocycles. The first-order chi connectivity index (χ1) is 15.3. The Balaban J connectivity index is 1.51. The number of ether oxygens (including phenoxy) is 1. The largest absolute Gasteiger partial charge is 0.378 e. The molecule has 0 radical (unpaired) electrons. The predicted octanol–water partition coefficient (Wildman–Crippen LogP) is 3.99. The second kappa shape index (κ2) is 8.57. The Morgan fingerprint density at radius 3 is 2.58 bits per heavy atom. The summed E-state index contributed by atoms with van der Waals surface area (Å²) in [6, 6.07) is 22.3. The number of morpholine rings is 1. The van der Waals surface area contributed by atoms with Crippen LogP contribution in [0.1, 0.15) is 11.1 Å². The lowest BCUT2D eigenvalue weighted by Crippen LogP contribution is -2.37. The molecule has 156 valence electrons. The molecule has 0 amide bonds. The maximum absolute atomic E-state index is 5.54. The average Bonchev–Trinajstić information content (AvgIpc) is 3.25. The Labute approximate surface area is 181 Å². The van der Waals surface area contributed by atoms with E-state index in [1.165, 1.54) is 5.56 Å². The minimum atomic E-state index is 0.679. The first-order valence-corrected chi connectivity index (χ1v) is 10.4. The second-order valence-corrected chi connectivity index (χ2v) is 7.49. The van der Waals surface area contributed by atoms with Gasteiger partial charge in [0.25, 0.3) is 0 Å². The van der Waals surface area contributed by atoms with E-state index in [0.29, 0.717) is 19.0 Å². The van der Waals surface area contributed by atoms with Crippen molar-refractivity contribution < 1.29 is 4.74 Å². The number of aryl methyl sites for hydroxylation is 1. The van der Waals surface area contributed by atoms with E-state index in [4.69, 9.17) is 14.8 Å². The van der Waals surface area contributed by atoms with E-state index in [-0.39, 0.29) is 0 Å². The van der Waals surface area contributed by atoms with Crippen molar-refractivity contribution in [2.45, 2.75) is 6.92 Å². The summed E-state index contributed by atoms with van der Waals surface area (Å²) >= 11 is 0. The summed E-state index contributed by atoms with van der Waals surface area (Å²) in [7, 11) is 0. The first-order valence-electron chi connectivity index (χ1n) is 10.4. The van der Waals surface area contributed by atoms with Gasteiger partial charge in [0.1, 0.15) is 5.82 Å². The summed E-state index contributed by atoms with van der Waals surface area (Å²) in [5.41, 5.74) is 8.07. The molecule has 1 N–H and O–H groups in total. The molecular formula is C24H24N6O. The number of aromatic nitrogens is 3. The highest BCUT2D eigenvalue weighted by Crippen LogP contribution is 2.25. The number of hydrogen-bond donors (Lipinski definition) is 1. The maximum atomic E-state index is 5.54. The number of rotatable bonds is 5. The molecular weight excluding hydrogens is 388 g/mol.